The number of nitrogens with zero attached hydrogens (tertiary/aromatic N) is 1. The Morgan fingerprint density at radius 2 is 1.88 bits per heavy atom. The fourth-order valence-electron chi connectivity index (χ4n) is 2.99. The summed E-state index contributed by atoms with van der Waals surface area (Å²) in [5.41, 5.74) is 1.07. The van der Waals surface area contributed by atoms with E-state index in [0.29, 0.717) is 18.2 Å². The van der Waals surface area contributed by atoms with Crippen LogP contribution in [-0.4, -0.2) is 13.7 Å². The fraction of sp³-hybridized carbons (Fsp3) is 0.429. The number of ether oxygens (including phenoxy) is 1. The Kier molecular flexibility index (Phi) is 7.23. The molecule has 0 N–H and O–H groups in total. The maximum absolute atomic E-state index is 14.5. The summed E-state index contributed by atoms with van der Waals surface area (Å²) in [4.78, 5) is 1.87. The second-order valence-corrected chi connectivity index (χ2v) is 6.32. The number of benzene rings is 2. The van der Waals surface area contributed by atoms with E-state index in [1.54, 1.807) is 7.11 Å². The number of methoxy groups -OCH3 is 1. The second kappa shape index (κ2) is 9.40. The van der Waals surface area contributed by atoms with Crippen LogP contribution in [-0.2, 0) is 0 Å². The molecule has 0 fully saturated rings. The quantitative estimate of drug-likeness (QED) is 0.526. The summed E-state index contributed by atoms with van der Waals surface area (Å²) >= 11 is 0. The van der Waals surface area contributed by atoms with Crippen LogP contribution in [0.25, 0.3) is 0 Å². The minimum absolute atomic E-state index is 0.267. The molecule has 0 heterocycles. The van der Waals surface area contributed by atoms with E-state index in [1.165, 1.54) is 12.1 Å². The van der Waals surface area contributed by atoms with Crippen molar-refractivity contribution < 1.29 is 13.5 Å². The molecule has 25 heavy (non-hydrogen) atoms. The molecule has 0 aromatic heterocycles. The predicted molar refractivity (Wildman–Crippen MR) is 99.7 cm³/mol. The summed E-state index contributed by atoms with van der Waals surface area (Å²) in [5, 5.41) is 0. The third-order valence-electron chi connectivity index (χ3n) is 4.55. The van der Waals surface area contributed by atoms with Gasteiger partial charge in [-0.3, -0.25) is 0 Å². The van der Waals surface area contributed by atoms with Crippen molar-refractivity contribution in [1.29, 1.82) is 0 Å². The molecule has 0 radical (unpaired) electrons. The lowest BCUT2D eigenvalue weighted by Crippen LogP contribution is -2.26. The van der Waals surface area contributed by atoms with Crippen molar-refractivity contribution in [3.63, 3.8) is 0 Å². The Labute approximate surface area is 149 Å². The number of anilines is 2. The van der Waals surface area contributed by atoms with E-state index in [1.807, 2.05) is 29.2 Å². The van der Waals surface area contributed by atoms with Crippen LogP contribution in [0.1, 0.15) is 39.5 Å². The molecule has 0 amide bonds. The van der Waals surface area contributed by atoms with Gasteiger partial charge in [-0.1, -0.05) is 39.2 Å². The topological polar surface area (TPSA) is 12.5 Å². The maximum Gasteiger partial charge on any atom is 0.147 e. The van der Waals surface area contributed by atoms with E-state index in [-0.39, 0.29) is 5.69 Å². The maximum atomic E-state index is 14.5. The highest BCUT2D eigenvalue weighted by atomic mass is 19.1. The summed E-state index contributed by atoms with van der Waals surface area (Å²) in [6, 6.07) is 11.1. The van der Waals surface area contributed by atoms with E-state index < -0.39 is 11.6 Å². The first-order valence-electron chi connectivity index (χ1n) is 8.95. The predicted octanol–water partition coefficient (Wildman–Crippen LogP) is 6.33. The number of hydrogen-bond donors (Lipinski definition) is 0. The molecule has 2 aromatic carbocycles. The van der Waals surface area contributed by atoms with Gasteiger partial charge in [0.15, 0.2) is 0 Å². The van der Waals surface area contributed by atoms with Crippen LogP contribution in [0, 0.1) is 17.6 Å². The standard InChI is InChI=1S/C21H27F2NO/c1-4-6-8-16(5-2)15-24(18-9-7-10-19(14-18)25-3)21-13-17(22)11-12-20(21)23/h7,9-14,16H,4-6,8,15H2,1-3H3. The molecule has 1 atom stereocenters. The summed E-state index contributed by atoms with van der Waals surface area (Å²) in [6.45, 7) is 4.95. The largest absolute Gasteiger partial charge is 0.497 e. The average Bonchev–Trinajstić information content (AvgIpc) is 2.64. The average molecular weight is 347 g/mol. The van der Waals surface area contributed by atoms with Gasteiger partial charge in [0.05, 0.1) is 12.8 Å². The fourth-order valence-corrected chi connectivity index (χ4v) is 2.99. The Balaban J connectivity index is 2.41. The molecule has 0 aliphatic carbocycles. The molecule has 0 saturated heterocycles. The molecule has 0 spiro atoms. The van der Waals surface area contributed by atoms with E-state index in [0.717, 1.165) is 37.4 Å². The molecule has 2 nitrogen and oxygen atoms in total. The molecule has 0 aliphatic rings. The van der Waals surface area contributed by atoms with Crippen LogP contribution in [0.5, 0.6) is 5.75 Å². The smallest absolute Gasteiger partial charge is 0.147 e. The van der Waals surface area contributed by atoms with Crippen LogP contribution >= 0.6 is 0 Å². The first-order valence-corrected chi connectivity index (χ1v) is 8.95. The Bertz CT molecular complexity index is 675. The lowest BCUT2D eigenvalue weighted by molar-refractivity contribution is 0.414. The molecule has 2 aromatic rings. The van der Waals surface area contributed by atoms with Crippen molar-refractivity contribution in [1.82, 2.24) is 0 Å². The molecule has 0 bridgehead atoms. The normalized spacial score (nSPS) is 12.0. The van der Waals surface area contributed by atoms with Gasteiger partial charge in [0.25, 0.3) is 0 Å². The highest BCUT2D eigenvalue weighted by molar-refractivity contribution is 5.65. The molecule has 4 heteroatoms. The molecular formula is C21H27F2NO. The highest BCUT2D eigenvalue weighted by Crippen LogP contribution is 2.33. The van der Waals surface area contributed by atoms with E-state index >= 15 is 0 Å². The van der Waals surface area contributed by atoms with E-state index in [4.69, 9.17) is 4.74 Å². The Morgan fingerprint density at radius 1 is 1.08 bits per heavy atom. The van der Waals surface area contributed by atoms with Crippen LogP contribution in [0.3, 0.4) is 0 Å². The van der Waals surface area contributed by atoms with Gasteiger partial charge in [-0.25, -0.2) is 8.78 Å². The highest BCUT2D eigenvalue weighted by Gasteiger charge is 2.19. The Morgan fingerprint density at radius 3 is 2.56 bits per heavy atom. The summed E-state index contributed by atoms with van der Waals surface area (Å²) in [5.74, 6) is 0.246. The molecular weight excluding hydrogens is 320 g/mol. The van der Waals surface area contributed by atoms with Gasteiger partial charge in [0.2, 0.25) is 0 Å². The third kappa shape index (κ3) is 5.18. The molecule has 0 saturated carbocycles. The van der Waals surface area contributed by atoms with Crippen LogP contribution < -0.4 is 9.64 Å². The lowest BCUT2D eigenvalue weighted by Gasteiger charge is -2.30. The van der Waals surface area contributed by atoms with Crippen molar-refractivity contribution in [2.24, 2.45) is 5.92 Å². The van der Waals surface area contributed by atoms with Gasteiger partial charge in [-0.15, -0.1) is 0 Å². The van der Waals surface area contributed by atoms with Crippen LogP contribution in [0.2, 0.25) is 0 Å². The van der Waals surface area contributed by atoms with Crippen molar-refractivity contribution in [2.45, 2.75) is 39.5 Å². The summed E-state index contributed by atoms with van der Waals surface area (Å²) in [7, 11) is 1.60. The Hall–Kier alpha value is -2.10. The lowest BCUT2D eigenvalue weighted by atomic mass is 9.98. The number of rotatable bonds is 9. The SMILES string of the molecule is CCCCC(CC)CN(c1cccc(OC)c1)c1cc(F)ccc1F. The van der Waals surface area contributed by atoms with Crippen molar-refractivity contribution in [3.05, 3.63) is 54.1 Å². The van der Waals surface area contributed by atoms with Gasteiger partial charge < -0.3 is 9.64 Å². The number of halogens is 2. The minimum Gasteiger partial charge on any atom is -0.497 e. The van der Waals surface area contributed by atoms with Crippen molar-refractivity contribution in [2.75, 3.05) is 18.6 Å². The summed E-state index contributed by atoms with van der Waals surface area (Å²) in [6.07, 6.45) is 4.34. The van der Waals surface area contributed by atoms with Gasteiger partial charge in [-0.2, -0.15) is 0 Å². The zero-order chi connectivity index (χ0) is 18.2. The first-order chi connectivity index (χ1) is 12.1. The molecule has 1 unspecified atom stereocenters. The number of hydrogen-bond acceptors (Lipinski definition) is 2. The first kappa shape index (κ1) is 19.2. The van der Waals surface area contributed by atoms with E-state index in [9.17, 15) is 8.78 Å². The van der Waals surface area contributed by atoms with Gasteiger partial charge in [0.1, 0.15) is 17.4 Å². The second-order valence-electron chi connectivity index (χ2n) is 6.32. The molecule has 2 rings (SSSR count). The monoisotopic (exact) mass is 347 g/mol. The van der Waals surface area contributed by atoms with Gasteiger partial charge >= 0.3 is 0 Å². The zero-order valence-corrected chi connectivity index (χ0v) is 15.3. The van der Waals surface area contributed by atoms with Crippen LogP contribution in [0.15, 0.2) is 42.5 Å². The van der Waals surface area contributed by atoms with Crippen LogP contribution in [0.4, 0.5) is 20.2 Å². The molecule has 0 aliphatic heterocycles. The molecule has 136 valence electrons. The van der Waals surface area contributed by atoms with Gasteiger partial charge in [-0.05, 0) is 36.6 Å². The van der Waals surface area contributed by atoms with Crippen molar-refractivity contribution >= 4 is 11.4 Å². The third-order valence-corrected chi connectivity index (χ3v) is 4.55. The summed E-state index contributed by atoms with van der Waals surface area (Å²) < 4.78 is 33.5. The zero-order valence-electron chi connectivity index (χ0n) is 15.3. The van der Waals surface area contributed by atoms with E-state index in [2.05, 4.69) is 13.8 Å². The number of unbranched alkanes of at least 4 members (excludes halogenated alkanes) is 1. The van der Waals surface area contributed by atoms with Gasteiger partial charge in [0, 0.05) is 24.4 Å². The van der Waals surface area contributed by atoms with Crippen molar-refractivity contribution in [3.8, 4) is 5.75 Å². The minimum atomic E-state index is -0.439.